The van der Waals surface area contributed by atoms with Crippen LogP contribution in [-0.2, 0) is 51.2 Å². The molecule has 296 valence electrons. The summed E-state index contributed by atoms with van der Waals surface area (Å²) in [5.41, 5.74) is 7.36. The highest BCUT2D eigenvalue weighted by Crippen LogP contribution is 2.27. The molecule has 0 radical (unpaired) electrons. The van der Waals surface area contributed by atoms with E-state index in [0.29, 0.717) is 36.9 Å². The average Bonchev–Trinajstić information content (AvgIpc) is 3.17. The normalized spacial score (nSPS) is 19.9. The second-order valence-corrected chi connectivity index (χ2v) is 14.2. The Morgan fingerprint density at radius 3 is 2.15 bits per heavy atom. The molecule has 8 N–H and O–H groups in total. The molecule has 55 heavy (non-hydrogen) atoms. The van der Waals surface area contributed by atoms with Crippen molar-refractivity contribution >= 4 is 47.1 Å². The van der Waals surface area contributed by atoms with Gasteiger partial charge in [-0.3, -0.25) is 38.4 Å². The van der Waals surface area contributed by atoms with Crippen LogP contribution < -0.4 is 37.6 Å². The standard InChI is InChI=1S/C40H53N7O8/c1-2-12-29(36(51)40(55)43-24-33(50)47-34(37(41)52)27-15-5-3-6-16-27)44-38(53)30-19-9-10-20-42-31(48)22-25-13-11-14-26(21-25)23-32(49)46-35(39(54)45-30)28-17-7-4-8-18-28/h3,5-6,11,13-16,21,28-30,34-35H,2,4,7-10,12,17-20,22-24H2,1H3,(H2,41,52)(H,42,48)(H,43,55)(H,44,53)(H,45,54)(H,46,49)(H,47,50). The molecule has 4 atom stereocenters. The van der Waals surface area contributed by atoms with Crippen LogP contribution in [0.2, 0.25) is 0 Å². The smallest absolute Gasteiger partial charge is 0.290 e. The van der Waals surface area contributed by atoms with E-state index >= 15 is 0 Å². The van der Waals surface area contributed by atoms with Crippen molar-refractivity contribution < 1.29 is 38.4 Å². The zero-order chi connectivity index (χ0) is 39.7. The van der Waals surface area contributed by atoms with E-state index in [1.54, 1.807) is 49.4 Å². The topological polar surface area (TPSA) is 235 Å². The van der Waals surface area contributed by atoms with E-state index < -0.39 is 66.0 Å². The lowest BCUT2D eigenvalue weighted by Crippen LogP contribution is -2.58. The van der Waals surface area contributed by atoms with Gasteiger partial charge in [0.2, 0.25) is 41.2 Å². The Hall–Kier alpha value is -5.60. The van der Waals surface area contributed by atoms with Gasteiger partial charge in [-0.1, -0.05) is 87.2 Å². The number of fused-ring (bicyclic) bond motifs is 2. The maximum Gasteiger partial charge on any atom is 0.290 e. The molecule has 0 saturated heterocycles. The highest BCUT2D eigenvalue weighted by atomic mass is 16.2. The van der Waals surface area contributed by atoms with E-state index in [0.717, 1.165) is 37.7 Å². The Labute approximate surface area is 321 Å². The second kappa shape index (κ2) is 21.3. The van der Waals surface area contributed by atoms with Crippen LogP contribution in [0.3, 0.4) is 0 Å². The summed E-state index contributed by atoms with van der Waals surface area (Å²) in [5, 5.41) is 16.0. The number of amides is 7. The predicted octanol–water partition coefficient (Wildman–Crippen LogP) is 0.935. The fraction of sp³-hybridized carbons (Fsp3) is 0.500. The highest BCUT2D eigenvalue weighted by molar-refractivity contribution is 6.38. The predicted molar refractivity (Wildman–Crippen MR) is 203 cm³/mol. The molecule has 2 aromatic carbocycles. The van der Waals surface area contributed by atoms with Gasteiger partial charge < -0.3 is 37.6 Å². The number of carbonyl (C=O) groups excluding carboxylic acids is 8. The second-order valence-electron chi connectivity index (χ2n) is 14.2. The van der Waals surface area contributed by atoms with Crippen LogP contribution in [0.5, 0.6) is 0 Å². The lowest BCUT2D eigenvalue weighted by Gasteiger charge is -2.31. The number of hydrogen-bond donors (Lipinski definition) is 7. The molecule has 1 saturated carbocycles. The van der Waals surface area contributed by atoms with Gasteiger partial charge >= 0.3 is 0 Å². The number of ketones is 1. The van der Waals surface area contributed by atoms with Crippen LogP contribution in [0.4, 0.5) is 0 Å². The fourth-order valence-electron chi connectivity index (χ4n) is 7.02. The zero-order valence-corrected chi connectivity index (χ0v) is 31.3. The van der Waals surface area contributed by atoms with Crippen molar-refractivity contribution in [2.45, 2.75) is 108 Å². The van der Waals surface area contributed by atoms with Crippen LogP contribution in [0, 0.1) is 5.92 Å². The van der Waals surface area contributed by atoms with Gasteiger partial charge in [0.1, 0.15) is 18.1 Å². The molecule has 1 aliphatic carbocycles. The van der Waals surface area contributed by atoms with Gasteiger partial charge in [-0.05, 0) is 61.1 Å². The number of benzene rings is 2. The first kappa shape index (κ1) is 42.1. The summed E-state index contributed by atoms with van der Waals surface area (Å²) in [5.74, 6) is -5.59. The third-order valence-corrected chi connectivity index (χ3v) is 9.88. The first-order chi connectivity index (χ1) is 26.4. The summed E-state index contributed by atoms with van der Waals surface area (Å²) in [6, 6.07) is 11.0. The first-order valence-electron chi connectivity index (χ1n) is 19.2. The van der Waals surface area contributed by atoms with E-state index in [-0.39, 0.29) is 43.4 Å². The molecule has 15 nitrogen and oxygen atoms in total. The molecule has 0 aromatic heterocycles. The van der Waals surface area contributed by atoms with Crippen molar-refractivity contribution in [1.82, 2.24) is 31.9 Å². The molecule has 2 aromatic rings. The van der Waals surface area contributed by atoms with E-state index in [4.69, 9.17) is 5.73 Å². The van der Waals surface area contributed by atoms with Crippen molar-refractivity contribution in [2.24, 2.45) is 11.7 Å². The lowest BCUT2D eigenvalue weighted by molar-refractivity contribution is -0.141. The van der Waals surface area contributed by atoms with E-state index in [1.807, 2.05) is 12.1 Å². The molecule has 1 aliphatic heterocycles. The van der Waals surface area contributed by atoms with Gasteiger partial charge in [0.15, 0.2) is 0 Å². The molecule has 2 bridgehead atoms. The van der Waals surface area contributed by atoms with Gasteiger partial charge in [0.25, 0.3) is 5.91 Å². The van der Waals surface area contributed by atoms with Crippen molar-refractivity contribution in [3.63, 3.8) is 0 Å². The van der Waals surface area contributed by atoms with Gasteiger partial charge in [0, 0.05) is 6.54 Å². The molecule has 15 heteroatoms. The Morgan fingerprint density at radius 1 is 0.800 bits per heavy atom. The third-order valence-electron chi connectivity index (χ3n) is 9.88. The Bertz CT molecular complexity index is 1690. The minimum atomic E-state index is -1.27. The van der Waals surface area contributed by atoms with Gasteiger partial charge in [0.05, 0.1) is 25.4 Å². The first-order valence-corrected chi connectivity index (χ1v) is 19.2. The highest BCUT2D eigenvalue weighted by Gasteiger charge is 2.35. The molecule has 4 rings (SSSR count). The number of primary amides is 1. The summed E-state index contributed by atoms with van der Waals surface area (Å²) >= 11 is 0. The molecule has 2 aliphatic rings. The third kappa shape index (κ3) is 13.3. The molecule has 0 spiro atoms. The van der Waals surface area contributed by atoms with Crippen molar-refractivity contribution in [2.75, 3.05) is 13.1 Å². The number of nitrogens with two attached hydrogens (primary N) is 1. The summed E-state index contributed by atoms with van der Waals surface area (Å²) in [6.07, 6.45) is 6.01. The average molecular weight is 760 g/mol. The largest absolute Gasteiger partial charge is 0.368 e. The van der Waals surface area contributed by atoms with Crippen molar-refractivity contribution in [1.29, 1.82) is 0 Å². The van der Waals surface area contributed by atoms with E-state index in [9.17, 15) is 38.4 Å². The van der Waals surface area contributed by atoms with Gasteiger partial charge in [-0.2, -0.15) is 0 Å². The maximum absolute atomic E-state index is 14.0. The van der Waals surface area contributed by atoms with E-state index in [1.165, 1.54) is 0 Å². The molecular formula is C40H53N7O8. The minimum Gasteiger partial charge on any atom is -0.368 e. The summed E-state index contributed by atoms with van der Waals surface area (Å²) in [4.78, 5) is 105. The van der Waals surface area contributed by atoms with Crippen molar-refractivity contribution in [3.8, 4) is 0 Å². The van der Waals surface area contributed by atoms with Crippen LogP contribution in [0.25, 0.3) is 0 Å². The van der Waals surface area contributed by atoms with E-state index in [2.05, 4.69) is 31.9 Å². The fourth-order valence-corrected chi connectivity index (χ4v) is 7.02. The monoisotopic (exact) mass is 759 g/mol. The molecule has 1 fully saturated rings. The molecule has 7 amide bonds. The molecular weight excluding hydrogens is 706 g/mol. The summed E-state index contributed by atoms with van der Waals surface area (Å²) in [6.45, 7) is 1.47. The summed E-state index contributed by atoms with van der Waals surface area (Å²) < 4.78 is 0. The van der Waals surface area contributed by atoms with Gasteiger partial charge in [-0.15, -0.1) is 0 Å². The van der Waals surface area contributed by atoms with Crippen LogP contribution >= 0.6 is 0 Å². The lowest BCUT2D eigenvalue weighted by atomic mass is 9.83. The molecule has 1 heterocycles. The maximum atomic E-state index is 14.0. The number of nitrogens with one attached hydrogen (secondary N) is 6. The van der Waals surface area contributed by atoms with Crippen LogP contribution in [0.15, 0.2) is 54.6 Å². The summed E-state index contributed by atoms with van der Waals surface area (Å²) in [7, 11) is 0. The van der Waals surface area contributed by atoms with Gasteiger partial charge in [-0.25, -0.2) is 0 Å². The minimum absolute atomic E-state index is 0.000835. The Morgan fingerprint density at radius 2 is 1.47 bits per heavy atom. The van der Waals surface area contributed by atoms with Crippen LogP contribution in [0.1, 0.15) is 93.9 Å². The number of carbonyl (C=O) groups is 8. The number of Topliss-reactive ketones (excluding diaryl/α,β-unsaturated/α-hetero) is 1. The van der Waals surface area contributed by atoms with Crippen molar-refractivity contribution in [3.05, 3.63) is 71.3 Å². The SMILES string of the molecule is CCCC(NC(=O)C1CCCCNC(=O)Cc2cccc(c2)CC(=O)NC(C2CCCCC2)C(=O)N1)C(=O)C(=O)NCC(=O)NC(C(N)=O)c1ccccc1. The molecule has 4 unspecified atom stereocenters. The Balaban J connectivity index is 1.46. The Kier molecular flexibility index (Phi) is 16.3. The number of rotatable bonds is 12. The number of hydrogen-bond acceptors (Lipinski definition) is 8. The zero-order valence-electron chi connectivity index (χ0n) is 31.3. The quantitative estimate of drug-likeness (QED) is 0.154. The van der Waals surface area contributed by atoms with Crippen LogP contribution in [-0.4, -0.2) is 78.3 Å².